The summed E-state index contributed by atoms with van der Waals surface area (Å²) in [5, 5.41) is 6.46. The standard InChI is InChI=1S/C19H28N2O2/c1-14(2)16-3-5-17(6-4-16)18(22)21-12-15-11-19(23-13-15)7-9-20-10-8-19/h3-6,14-15,20H,7-13H2,1-2H3,(H,21,22). The van der Waals surface area contributed by atoms with Crippen molar-refractivity contribution in [3.63, 3.8) is 0 Å². The highest BCUT2D eigenvalue weighted by atomic mass is 16.5. The van der Waals surface area contributed by atoms with E-state index in [0.717, 1.165) is 44.5 Å². The molecule has 2 N–H and O–H groups in total. The van der Waals surface area contributed by atoms with E-state index >= 15 is 0 Å². The van der Waals surface area contributed by atoms with Crippen LogP contribution in [0.5, 0.6) is 0 Å². The predicted molar refractivity (Wildman–Crippen MR) is 91.8 cm³/mol. The maximum atomic E-state index is 12.3. The van der Waals surface area contributed by atoms with E-state index < -0.39 is 0 Å². The van der Waals surface area contributed by atoms with Gasteiger partial charge in [0.25, 0.3) is 5.91 Å². The second-order valence-electron chi connectivity index (χ2n) is 7.30. The first kappa shape index (κ1) is 16.5. The van der Waals surface area contributed by atoms with E-state index in [2.05, 4.69) is 24.5 Å². The number of rotatable bonds is 4. The molecular formula is C19H28N2O2. The summed E-state index contributed by atoms with van der Waals surface area (Å²) in [6.07, 6.45) is 3.25. The van der Waals surface area contributed by atoms with Crippen molar-refractivity contribution in [1.82, 2.24) is 10.6 Å². The lowest BCUT2D eigenvalue weighted by Gasteiger charge is -2.33. The first-order valence-corrected chi connectivity index (χ1v) is 8.81. The maximum absolute atomic E-state index is 12.3. The first-order chi connectivity index (χ1) is 11.1. The molecule has 0 aliphatic carbocycles. The molecule has 126 valence electrons. The lowest BCUT2D eigenvalue weighted by molar-refractivity contribution is -0.0196. The number of hydrogen-bond acceptors (Lipinski definition) is 3. The molecule has 4 heteroatoms. The molecule has 3 rings (SSSR count). The number of hydrogen-bond donors (Lipinski definition) is 2. The van der Waals surface area contributed by atoms with Crippen LogP contribution in [0.25, 0.3) is 0 Å². The molecule has 2 aliphatic rings. The van der Waals surface area contributed by atoms with Gasteiger partial charge in [0.05, 0.1) is 12.2 Å². The van der Waals surface area contributed by atoms with Crippen LogP contribution in [-0.2, 0) is 4.74 Å². The number of carbonyl (C=O) groups excluding carboxylic acids is 1. The molecule has 1 aromatic rings. The van der Waals surface area contributed by atoms with E-state index in [9.17, 15) is 4.79 Å². The molecule has 4 nitrogen and oxygen atoms in total. The topological polar surface area (TPSA) is 50.4 Å². The van der Waals surface area contributed by atoms with Gasteiger partial charge >= 0.3 is 0 Å². The Labute approximate surface area is 139 Å². The molecule has 1 atom stereocenters. The Balaban J connectivity index is 1.49. The van der Waals surface area contributed by atoms with Gasteiger partial charge < -0.3 is 15.4 Å². The summed E-state index contributed by atoms with van der Waals surface area (Å²) in [5.41, 5.74) is 2.07. The maximum Gasteiger partial charge on any atom is 0.251 e. The normalized spacial score (nSPS) is 23.3. The zero-order valence-electron chi connectivity index (χ0n) is 14.2. The highest BCUT2D eigenvalue weighted by Crippen LogP contribution is 2.36. The summed E-state index contributed by atoms with van der Waals surface area (Å²) >= 11 is 0. The van der Waals surface area contributed by atoms with E-state index in [4.69, 9.17) is 4.74 Å². The van der Waals surface area contributed by atoms with E-state index in [-0.39, 0.29) is 11.5 Å². The van der Waals surface area contributed by atoms with Gasteiger partial charge in [0.2, 0.25) is 0 Å². The minimum absolute atomic E-state index is 0.0200. The molecule has 23 heavy (non-hydrogen) atoms. The molecule has 0 saturated carbocycles. The molecule has 0 aromatic heterocycles. The average Bonchev–Trinajstić information content (AvgIpc) is 2.96. The highest BCUT2D eigenvalue weighted by molar-refractivity contribution is 5.94. The molecule has 1 amide bonds. The van der Waals surface area contributed by atoms with Crippen molar-refractivity contribution in [3.8, 4) is 0 Å². The summed E-state index contributed by atoms with van der Waals surface area (Å²) in [6, 6.07) is 7.93. The van der Waals surface area contributed by atoms with Crippen molar-refractivity contribution in [2.24, 2.45) is 5.92 Å². The third-order valence-corrected chi connectivity index (χ3v) is 5.19. The highest BCUT2D eigenvalue weighted by Gasteiger charge is 2.40. The number of ether oxygens (including phenoxy) is 1. The Morgan fingerprint density at radius 3 is 2.65 bits per heavy atom. The Morgan fingerprint density at radius 1 is 1.30 bits per heavy atom. The van der Waals surface area contributed by atoms with Crippen LogP contribution in [-0.4, -0.2) is 37.7 Å². The minimum atomic E-state index is 0.0200. The Bertz CT molecular complexity index is 533. The smallest absolute Gasteiger partial charge is 0.251 e. The van der Waals surface area contributed by atoms with Crippen molar-refractivity contribution >= 4 is 5.91 Å². The van der Waals surface area contributed by atoms with Gasteiger partial charge in [0.1, 0.15) is 0 Å². The number of benzene rings is 1. The second kappa shape index (κ2) is 7.02. The van der Waals surface area contributed by atoms with Gasteiger partial charge in [-0.2, -0.15) is 0 Å². The Morgan fingerprint density at radius 2 is 2.00 bits per heavy atom. The first-order valence-electron chi connectivity index (χ1n) is 8.81. The van der Waals surface area contributed by atoms with E-state index in [1.807, 2.05) is 24.3 Å². The summed E-state index contributed by atoms with van der Waals surface area (Å²) in [6.45, 7) is 7.88. The summed E-state index contributed by atoms with van der Waals surface area (Å²) in [5.74, 6) is 0.947. The third kappa shape index (κ3) is 3.93. The van der Waals surface area contributed by atoms with Gasteiger partial charge in [-0.3, -0.25) is 4.79 Å². The number of amides is 1. The third-order valence-electron chi connectivity index (χ3n) is 5.19. The van der Waals surface area contributed by atoms with Crippen LogP contribution < -0.4 is 10.6 Å². The lowest BCUT2D eigenvalue weighted by atomic mass is 9.86. The van der Waals surface area contributed by atoms with Crippen molar-refractivity contribution < 1.29 is 9.53 Å². The molecule has 2 fully saturated rings. The average molecular weight is 316 g/mol. The van der Waals surface area contributed by atoms with E-state index in [1.54, 1.807) is 0 Å². The molecule has 1 spiro atoms. The summed E-state index contributed by atoms with van der Waals surface area (Å²) in [7, 11) is 0. The molecule has 1 aromatic carbocycles. The number of carbonyl (C=O) groups is 1. The van der Waals surface area contributed by atoms with Crippen LogP contribution >= 0.6 is 0 Å². The fourth-order valence-corrected chi connectivity index (χ4v) is 3.66. The quantitative estimate of drug-likeness (QED) is 0.898. The lowest BCUT2D eigenvalue weighted by Crippen LogP contribution is -2.41. The van der Waals surface area contributed by atoms with Gasteiger partial charge in [-0.1, -0.05) is 26.0 Å². The van der Waals surface area contributed by atoms with Gasteiger partial charge in [0.15, 0.2) is 0 Å². The second-order valence-corrected chi connectivity index (χ2v) is 7.30. The van der Waals surface area contributed by atoms with Crippen molar-refractivity contribution in [2.75, 3.05) is 26.2 Å². The molecular weight excluding hydrogens is 288 g/mol. The number of piperidine rings is 1. The molecule has 2 aliphatic heterocycles. The largest absolute Gasteiger partial charge is 0.375 e. The van der Waals surface area contributed by atoms with Crippen LogP contribution in [0.4, 0.5) is 0 Å². The molecule has 2 saturated heterocycles. The zero-order valence-corrected chi connectivity index (χ0v) is 14.2. The summed E-state index contributed by atoms with van der Waals surface area (Å²) < 4.78 is 6.08. The molecule has 0 bridgehead atoms. The zero-order chi connectivity index (χ0) is 16.3. The minimum Gasteiger partial charge on any atom is -0.375 e. The van der Waals surface area contributed by atoms with E-state index in [1.165, 1.54) is 5.56 Å². The van der Waals surface area contributed by atoms with Crippen molar-refractivity contribution in [1.29, 1.82) is 0 Å². The Kier molecular flexibility index (Phi) is 5.02. The fraction of sp³-hybridized carbons (Fsp3) is 0.632. The Hall–Kier alpha value is -1.39. The number of nitrogens with one attached hydrogen (secondary N) is 2. The predicted octanol–water partition coefficient (Wildman–Crippen LogP) is 2.70. The molecule has 0 radical (unpaired) electrons. The SMILES string of the molecule is CC(C)c1ccc(C(=O)NCC2COC3(CCNCC3)C2)cc1. The van der Waals surface area contributed by atoms with Gasteiger partial charge in [-0.25, -0.2) is 0 Å². The van der Waals surface area contributed by atoms with Crippen LogP contribution in [0.1, 0.15) is 54.9 Å². The van der Waals surface area contributed by atoms with Crippen LogP contribution in [0.2, 0.25) is 0 Å². The van der Waals surface area contributed by atoms with Crippen molar-refractivity contribution in [2.45, 2.75) is 44.6 Å². The molecule has 2 heterocycles. The van der Waals surface area contributed by atoms with Gasteiger partial charge in [-0.15, -0.1) is 0 Å². The van der Waals surface area contributed by atoms with Gasteiger partial charge in [0, 0.05) is 18.0 Å². The van der Waals surface area contributed by atoms with Crippen molar-refractivity contribution in [3.05, 3.63) is 35.4 Å². The van der Waals surface area contributed by atoms with E-state index in [0.29, 0.717) is 18.4 Å². The monoisotopic (exact) mass is 316 g/mol. The fourth-order valence-electron chi connectivity index (χ4n) is 3.66. The van der Waals surface area contributed by atoms with Crippen LogP contribution in [0, 0.1) is 5.92 Å². The molecule has 1 unspecified atom stereocenters. The van der Waals surface area contributed by atoms with Gasteiger partial charge in [-0.05, 0) is 56.0 Å². The van der Waals surface area contributed by atoms with Crippen LogP contribution in [0.15, 0.2) is 24.3 Å². The summed E-state index contributed by atoms with van der Waals surface area (Å²) in [4.78, 5) is 12.3. The van der Waals surface area contributed by atoms with Crippen LogP contribution in [0.3, 0.4) is 0 Å².